The summed E-state index contributed by atoms with van der Waals surface area (Å²) in [5, 5.41) is 19.2. The van der Waals surface area contributed by atoms with Crippen LogP contribution in [0.5, 0.6) is 0 Å². The lowest BCUT2D eigenvalue weighted by Gasteiger charge is -2.27. The van der Waals surface area contributed by atoms with Gasteiger partial charge >= 0.3 is 5.97 Å². The number of hydrogen-bond acceptors (Lipinski definition) is 3. The van der Waals surface area contributed by atoms with E-state index in [2.05, 4.69) is 15.5 Å². The molecule has 0 atom stereocenters. The number of aromatic amines is 1. The Morgan fingerprint density at radius 2 is 1.86 bits per heavy atom. The molecule has 1 fully saturated rings. The highest BCUT2D eigenvalue weighted by atomic mass is 16.4. The van der Waals surface area contributed by atoms with Crippen molar-refractivity contribution in [3.63, 3.8) is 0 Å². The number of carbonyl (C=O) groups is 2. The number of aryl methyl sites for hydroxylation is 1. The second-order valence-electron chi connectivity index (χ2n) is 6.05. The molecule has 0 bridgehead atoms. The molecule has 21 heavy (non-hydrogen) atoms. The minimum Gasteiger partial charge on any atom is -0.481 e. The molecule has 0 aromatic carbocycles. The number of aromatic nitrogens is 2. The van der Waals surface area contributed by atoms with Crippen LogP contribution in [0.4, 0.5) is 5.82 Å². The first kappa shape index (κ1) is 15.5. The molecular formula is C15H23N3O3. The molecule has 6 nitrogen and oxygen atoms in total. The topological polar surface area (TPSA) is 95.1 Å². The third-order valence-electron chi connectivity index (χ3n) is 4.52. The number of H-pyrrole nitrogens is 1. The van der Waals surface area contributed by atoms with Crippen LogP contribution >= 0.6 is 0 Å². The van der Waals surface area contributed by atoms with Gasteiger partial charge in [-0.05, 0) is 26.7 Å². The van der Waals surface area contributed by atoms with Gasteiger partial charge in [0.05, 0.1) is 5.41 Å². The molecule has 1 heterocycles. The van der Waals surface area contributed by atoms with Crippen LogP contribution in [0, 0.1) is 19.3 Å². The number of carbonyl (C=O) groups excluding carboxylic acids is 1. The van der Waals surface area contributed by atoms with Crippen molar-refractivity contribution >= 4 is 17.7 Å². The van der Waals surface area contributed by atoms with Crippen molar-refractivity contribution in [3.8, 4) is 0 Å². The molecule has 0 aliphatic heterocycles. The van der Waals surface area contributed by atoms with Crippen LogP contribution in [-0.2, 0) is 9.59 Å². The van der Waals surface area contributed by atoms with Crippen LogP contribution in [0.25, 0.3) is 0 Å². The quantitative estimate of drug-likeness (QED) is 0.744. The molecule has 0 saturated heterocycles. The van der Waals surface area contributed by atoms with E-state index in [1.807, 2.05) is 13.8 Å². The van der Waals surface area contributed by atoms with Crippen molar-refractivity contribution in [2.24, 2.45) is 5.41 Å². The predicted octanol–water partition coefficient (Wildman–Crippen LogP) is 2.78. The van der Waals surface area contributed by atoms with Crippen molar-refractivity contribution in [2.75, 3.05) is 5.32 Å². The number of nitrogens with zero attached hydrogens (tertiary/aromatic N) is 1. The molecule has 6 heteroatoms. The lowest BCUT2D eigenvalue weighted by atomic mass is 9.77. The van der Waals surface area contributed by atoms with Crippen LogP contribution in [0.1, 0.15) is 56.2 Å². The van der Waals surface area contributed by atoms with Gasteiger partial charge in [0.2, 0.25) is 5.91 Å². The molecule has 0 spiro atoms. The van der Waals surface area contributed by atoms with Crippen LogP contribution < -0.4 is 5.32 Å². The second kappa shape index (κ2) is 6.28. The summed E-state index contributed by atoms with van der Waals surface area (Å²) < 4.78 is 0. The third kappa shape index (κ3) is 3.43. The summed E-state index contributed by atoms with van der Waals surface area (Å²) in [6.07, 6.45) is 5.03. The highest BCUT2D eigenvalue weighted by Gasteiger charge is 2.40. The molecule has 2 rings (SSSR count). The summed E-state index contributed by atoms with van der Waals surface area (Å²) in [6.45, 7) is 3.75. The van der Waals surface area contributed by atoms with E-state index in [0.29, 0.717) is 18.7 Å². The van der Waals surface area contributed by atoms with Crippen LogP contribution in [0.15, 0.2) is 0 Å². The Bertz CT molecular complexity index is 528. The number of hydrogen-bond donors (Lipinski definition) is 3. The molecule has 1 aromatic rings. The Labute approximate surface area is 124 Å². The fraction of sp³-hybridized carbons (Fsp3) is 0.667. The molecule has 1 aromatic heterocycles. The minimum atomic E-state index is -0.917. The summed E-state index contributed by atoms with van der Waals surface area (Å²) in [7, 11) is 0. The first-order valence-corrected chi connectivity index (χ1v) is 7.49. The van der Waals surface area contributed by atoms with Crippen molar-refractivity contribution in [1.82, 2.24) is 10.2 Å². The molecule has 1 aliphatic carbocycles. The molecule has 1 aliphatic rings. The van der Waals surface area contributed by atoms with Gasteiger partial charge in [-0.3, -0.25) is 14.7 Å². The fourth-order valence-corrected chi connectivity index (χ4v) is 2.96. The van der Waals surface area contributed by atoms with E-state index in [0.717, 1.165) is 36.9 Å². The average molecular weight is 293 g/mol. The van der Waals surface area contributed by atoms with Crippen molar-refractivity contribution in [3.05, 3.63) is 11.3 Å². The lowest BCUT2D eigenvalue weighted by Crippen LogP contribution is -2.35. The molecule has 116 valence electrons. The van der Waals surface area contributed by atoms with Gasteiger partial charge in [-0.1, -0.05) is 25.7 Å². The number of nitrogens with one attached hydrogen (secondary N) is 2. The molecule has 3 N–H and O–H groups in total. The Morgan fingerprint density at radius 1 is 1.24 bits per heavy atom. The van der Waals surface area contributed by atoms with Gasteiger partial charge in [-0.25, -0.2) is 0 Å². The standard InChI is InChI=1S/C15H23N3O3/c1-10-11(2)17-18-13(10)16-12(19)9-15(14(20)21)7-5-3-4-6-8-15/h3-9H2,1-2H3,(H,20,21)(H2,16,17,18,19). The molecular weight excluding hydrogens is 270 g/mol. The van der Waals surface area contributed by atoms with E-state index in [1.54, 1.807) is 0 Å². The van der Waals surface area contributed by atoms with E-state index in [9.17, 15) is 14.7 Å². The number of aliphatic carboxylic acids is 1. The Balaban J connectivity index is 2.08. The average Bonchev–Trinajstić information content (AvgIpc) is 2.67. The van der Waals surface area contributed by atoms with Gasteiger partial charge in [-0.2, -0.15) is 5.10 Å². The maximum atomic E-state index is 12.2. The summed E-state index contributed by atoms with van der Waals surface area (Å²) >= 11 is 0. The number of rotatable bonds is 4. The van der Waals surface area contributed by atoms with Crippen molar-refractivity contribution in [1.29, 1.82) is 0 Å². The maximum Gasteiger partial charge on any atom is 0.310 e. The zero-order valence-corrected chi connectivity index (χ0v) is 12.7. The normalized spacial score (nSPS) is 18.0. The van der Waals surface area contributed by atoms with E-state index >= 15 is 0 Å². The highest BCUT2D eigenvalue weighted by Crippen LogP contribution is 2.38. The summed E-state index contributed by atoms with van der Waals surface area (Å²) in [5.74, 6) is -0.630. The largest absolute Gasteiger partial charge is 0.481 e. The van der Waals surface area contributed by atoms with Gasteiger partial charge in [-0.15, -0.1) is 0 Å². The van der Waals surface area contributed by atoms with Gasteiger partial charge < -0.3 is 10.4 Å². The minimum absolute atomic E-state index is 0.0215. The SMILES string of the molecule is Cc1[nH]nc(NC(=O)CC2(C(=O)O)CCCCCC2)c1C. The molecule has 0 unspecified atom stereocenters. The Hall–Kier alpha value is -1.85. The van der Waals surface area contributed by atoms with Crippen molar-refractivity contribution in [2.45, 2.75) is 58.8 Å². The van der Waals surface area contributed by atoms with Gasteiger partial charge in [0.1, 0.15) is 0 Å². The molecule has 1 saturated carbocycles. The molecule has 1 amide bonds. The third-order valence-corrected chi connectivity index (χ3v) is 4.52. The Kier molecular flexibility index (Phi) is 4.65. The van der Waals surface area contributed by atoms with Crippen molar-refractivity contribution < 1.29 is 14.7 Å². The van der Waals surface area contributed by atoms with E-state index in [1.165, 1.54) is 0 Å². The van der Waals surface area contributed by atoms with Crippen LogP contribution in [0.3, 0.4) is 0 Å². The van der Waals surface area contributed by atoms with E-state index in [-0.39, 0.29) is 12.3 Å². The lowest BCUT2D eigenvalue weighted by molar-refractivity contribution is -0.152. The van der Waals surface area contributed by atoms with E-state index < -0.39 is 11.4 Å². The van der Waals surface area contributed by atoms with Gasteiger partial charge in [0, 0.05) is 17.7 Å². The molecule has 0 radical (unpaired) electrons. The summed E-state index contributed by atoms with van der Waals surface area (Å²) in [4.78, 5) is 23.9. The predicted molar refractivity (Wildman–Crippen MR) is 79.1 cm³/mol. The summed E-state index contributed by atoms with van der Waals surface area (Å²) in [5.41, 5.74) is 0.862. The monoisotopic (exact) mass is 293 g/mol. The highest BCUT2D eigenvalue weighted by molar-refractivity contribution is 5.94. The number of carboxylic acid groups (broad SMARTS) is 1. The number of amides is 1. The first-order valence-electron chi connectivity index (χ1n) is 7.49. The zero-order valence-electron chi connectivity index (χ0n) is 12.7. The first-order chi connectivity index (χ1) is 9.94. The van der Waals surface area contributed by atoms with Gasteiger partial charge in [0.25, 0.3) is 0 Å². The smallest absolute Gasteiger partial charge is 0.310 e. The second-order valence-corrected chi connectivity index (χ2v) is 6.05. The van der Waals surface area contributed by atoms with Crippen LogP contribution in [-0.4, -0.2) is 27.2 Å². The maximum absolute atomic E-state index is 12.2. The Morgan fingerprint density at radius 3 is 2.33 bits per heavy atom. The number of carboxylic acids is 1. The van der Waals surface area contributed by atoms with Crippen LogP contribution in [0.2, 0.25) is 0 Å². The fourth-order valence-electron chi connectivity index (χ4n) is 2.96. The summed E-state index contributed by atoms with van der Waals surface area (Å²) in [6, 6.07) is 0. The zero-order chi connectivity index (χ0) is 15.5. The van der Waals surface area contributed by atoms with Gasteiger partial charge in [0.15, 0.2) is 5.82 Å². The van der Waals surface area contributed by atoms with E-state index in [4.69, 9.17) is 0 Å². The number of anilines is 1.